The molecule has 1 aliphatic heterocycles. The second kappa shape index (κ2) is 7.60. The van der Waals surface area contributed by atoms with Crippen molar-refractivity contribution in [1.82, 2.24) is 14.5 Å². The molecule has 7 heteroatoms. The molecule has 150 valence electrons. The van der Waals surface area contributed by atoms with Crippen LogP contribution < -0.4 is 15.0 Å². The maximum atomic E-state index is 9.92. The van der Waals surface area contributed by atoms with Crippen molar-refractivity contribution in [1.29, 1.82) is 5.41 Å². The van der Waals surface area contributed by atoms with Crippen molar-refractivity contribution in [3.8, 4) is 23.1 Å². The SMILES string of the molecule is COc1ccc(C2c3ccc(O)cc3Oc3ncn(CCN(C)C)c(=N)c32)cc1. The van der Waals surface area contributed by atoms with Gasteiger partial charge in [0.2, 0.25) is 5.88 Å². The van der Waals surface area contributed by atoms with Gasteiger partial charge in [-0.1, -0.05) is 18.2 Å². The molecule has 2 heterocycles. The largest absolute Gasteiger partial charge is 0.508 e. The van der Waals surface area contributed by atoms with Gasteiger partial charge in [0.1, 0.15) is 29.1 Å². The number of phenolic OH excluding ortho intramolecular Hbond substituents is 1. The predicted molar refractivity (Wildman–Crippen MR) is 109 cm³/mol. The van der Waals surface area contributed by atoms with E-state index in [0.29, 0.717) is 23.7 Å². The number of aromatic nitrogens is 2. The van der Waals surface area contributed by atoms with E-state index in [2.05, 4.69) is 9.88 Å². The highest BCUT2D eigenvalue weighted by molar-refractivity contribution is 5.57. The third-order valence-corrected chi connectivity index (χ3v) is 5.13. The molecular formula is C22H24N4O3. The molecule has 1 aromatic heterocycles. The Morgan fingerprint density at radius 1 is 1.21 bits per heavy atom. The molecule has 4 rings (SSSR count). The summed E-state index contributed by atoms with van der Waals surface area (Å²) in [4.78, 5) is 6.56. The lowest BCUT2D eigenvalue weighted by Crippen LogP contribution is -2.32. The van der Waals surface area contributed by atoms with Crippen molar-refractivity contribution < 1.29 is 14.6 Å². The van der Waals surface area contributed by atoms with E-state index in [9.17, 15) is 5.11 Å². The van der Waals surface area contributed by atoms with Crippen molar-refractivity contribution >= 4 is 0 Å². The molecule has 7 nitrogen and oxygen atoms in total. The average Bonchev–Trinajstić information content (AvgIpc) is 2.71. The van der Waals surface area contributed by atoms with Gasteiger partial charge in [-0.3, -0.25) is 5.41 Å². The third kappa shape index (κ3) is 3.56. The first-order valence-electron chi connectivity index (χ1n) is 9.41. The van der Waals surface area contributed by atoms with E-state index in [-0.39, 0.29) is 11.7 Å². The number of nitrogens with zero attached hydrogens (tertiary/aromatic N) is 3. The van der Waals surface area contributed by atoms with Gasteiger partial charge in [-0.05, 0) is 37.9 Å². The number of nitrogens with one attached hydrogen (secondary N) is 1. The zero-order valence-corrected chi connectivity index (χ0v) is 16.7. The van der Waals surface area contributed by atoms with Crippen molar-refractivity contribution in [2.75, 3.05) is 27.7 Å². The van der Waals surface area contributed by atoms with Crippen LogP contribution in [0.4, 0.5) is 0 Å². The number of benzene rings is 2. The first-order chi connectivity index (χ1) is 14.0. The zero-order valence-electron chi connectivity index (χ0n) is 16.7. The van der Waals surface area contributed by atoms with Crippen LogP contribution in [0.5, 0.6) is 23.1 Å². The quantitative estimate of drug-likeness (QED) is 0.546. The van der Waals surface area contributed by atoms with E-state index in [4.69, 9.17) is 14.9 Å². The first-order valence-corrected chi connectivity index (χ1v) is 9.41. The maximum Gasteiger partial charge on any atom is 0.228 e. The highest BCUT2D eigenvalue weighted by Gasteiger charge is 2.32. The van der Waals surface area contributed by atoms with Crippen LogP contribution in [0.3, 0.4) is 0 Å². The topological polar surface area (TPSA) is 83.6 Å². The van der Waals surface area contributed by atoms with Crippen LogP contribution in [0.25, 0.3) is 0 Å². The number of hydrogen-bond donors (Lipinski definition) is 2. The molecule has 0 radical (unpaired) electrons. The molecule has 1 unspecified atom stereocenters. The van der Waals surface area contributed by atoms with Gasteiger partial charge in [0.15, 0.2) is 0 Å². The minimum absolute atomic E-state index is 0.128. The lowest BCUT2D eigenvalue weighted by molar-refractivity contribution is 0.370. The summed E-state index contributed by atoms with van der Waals surface area (Å²) in [6, 6.07) is 12.9. The van der Waals surface area contributed by atoms with Crippen LogP contribution in [0.2, 0.25) is 0 Å². The molecule has 1 aliphatic rings. The van der Waals surface area contributed by atoms with Crippen LogP contribution in [-0.4, -0.2) is 47.3 Å². The fourth-order valence-corrected chi connectivity index (χ4v) is 3.58. The van der Waals surface area contributed by atoms with Gasteiger partial charge in [-0.15, -0.1) is 0 Å². The minimum Gasteiger partial charge on any atom is -0.508 e. The smallest absolute Gasteiger partial charge is 0.228 e. The molecule has 0 saturated carbocycles. The summed E-state index contributed by atoms with van der Waals surface area (Å²) < 4.78 is 13.1. The van der Waals surface area contributed by atoms with E-state index in [1.165, 1.54) is 0 Å². The van der Waals surface area contributed by atoms with Crippen LogP contribution in [0, 0.1) is 5.41 Å². The Morgan fingerprint density at radius 3 is 2.66 bits per heavy atom. The van der Waals surface area contributed by atoms with E-state index < -0.39 is 0 Å². The van der Waals surface area contributed by atoms with Crippen molar-refractivity contribution in [2.24, 2.45) is 0 Å². The Bertz CT molecular complexity index is 1090. The number of hydrogen-bond acceptors (Lipinski definition) is 6. The molecule has 0 saturated heterocycles. The molecule has 0 bridgehead atoms. The Balaban J connectivity index is 1.88. The summed E-state index contributed by atoms with van der Waals surface area (Å²) in [7, 11) is 5.64. The highest BCUT2D eigenvalue weighted by Crippen LogP contribution is 2.46. The Kier molecular flexibility index (Phi) is 4.98. The molecule has 0 fully saturated rings. The monoisotopic (exact) mass is 392 g/mol. The standard InChI is InChI=1S/C22H24N4O3/c1-25(2)10-11-26-13-24-22-20(21(26)23)19(14-4-7-16(28-3)8-5-14)17-9-6-15(27)12-18(17)29-22/h4-9,12-13,19,23,27H,10-11H2,1-3H3. The highest BCUT2D eigenvalue weighted by atomic mass is 16.5. The molecule has 0 amide bonds. The van der Waals surface area contributed by atoms with Gasteiger partial charge in [0.05, 0.1) is 12.7 Å². The number of ether oxygens (including phenoxy) is 2. The molecule has 3 aromatic rings. The first kappa shape index (κ1) is 19.0. The van der Waals surface area contributed by atoms with Crippen LogP contribution >= 0.6 is 0 Å². The zero-order chi connectivity index (χ0) is 20.5. The second-order valence-electron chi connectivity index (χ2n) is 7.34. The van der Waals surface area contributed by atoms with Crippen molar-refractivity contribution in [2.45, 2.75) is 12.5 Å². The Morgan fingerprint density at radius 2 is 1.97 bits per heavy atom. The second-order valence-corrected chi connectivity index (χ2v) is 7.34. The van der Waals surface area contributed by atoms with E-state index in [1.54, 1.807) is 25.6 Å². The molecule has 0 spiro atoms. The molecule has 2 aromatic carbocycles. The number of rotatable bonds is 5. The summed E-state index contributed by atoms with van der Waals surface area (Å²) in [6.07, 6.45) is 1.64. The fraction of sp³-hybridized carbons (Fsp3) is 0.273. The van der Waals surface area contributed by atoms with Crippen LogP contribution in [0.15, 0.2) is 48.8 Å². The Labute approximate surface area is 169 Å². The van der Waals surface area contributed by atoms with E-state index >= 15 is 0 Å². The minimum atomic E-state index is -0.230. The summed E-state index contributed by atoms with van der Waals surface area (Å²) >= 11 is 0. The van der Waals surface area contributed by atoms with Gasteiger partial charge < -0.3 is 24.0 Å². The number of methoxy groups -OCH3 is 1. The number of fused-ring (bicyclic) bond motifs is 2. The van der Waals surface area contributed by atoms with Crippen molar-refractivity contribution in [3.63, 3.8) is 0 Å². The van der Waals surface area contributed by atoms with E-state index in [0.717, 1.165) is 29.0 Å². The number of aromatic hydroxyl groups is 1. The molecule has 0 aliphatic carbocycles. The lowest BCUT2D eigenvalue weighted by atomic mass is 9.84. The maximum absolute atomic E-state index is 9.92. The molecule has 29 heavy (non-hydrogen) atoms. The summed E-state index contributed by atoms with van der Waals surface area (Å²) in [6.45, 7) is 1.46. The third-order valence-electron chi connectivity index (χ3n) is 5.13. The molecular weight excluding hydrogens is 368 g/mol. The summed E-state index contributed by atoms with van der Waals surface area (Å²) in [5.41, 5.74) is 2.98. The number of phenols is 1. The predicted octanol–water partition coefficient (Wildman–Crippen LogP) is 2.92. The van der Waals surface area contributed by atoms with E-state index in [1.807, 2.05) is 49.0 Å². The van der Waals surface area contributed by atoms with Gasteiger partial charge in [0.25, 0.3) is 0 Å². The van der Waals surface area contributed by atoms with Crippen molar-refractivity contribution in [3.05, 3.63) is 71.0 Å². The average molecular weight is 392 g/mol. The van der Waals surface area contributed by atoms with Gasteiger partial charge in [-0.25, -0.2) is 4.98 Å². The normalized spacial score (nSPS) is 14.8. The van der Waals surface area contributed by atoms with Gasteiger partial charge >= 0.3 is 0 Å². The molecule has 1 atom stereocenters. The van der Waals surface area contributed by atoms with Gasteiger partial charge in [-0.2, -0.15) is 0 Å². The number of likely N-dealkylation sites (N-methyl/N-ethyl adjacent to an activating group) is 1. The lowest BCUT2D eigenvalue weighted by Gasteiger charge is -2.28. The summed E-state index contributed by atoms with van der Waals surface area (Å²) in [5.74, 6) is 1.62. The Hall–Kier alpha value is -3.32. The fourth-order valence-electron chi connectivity index (χ4n) is 3.58. The van der Waals surface area contributed by atoms with Crippen LogP contribution in [-0.2, 0) is 6.54 Å². The summed E-state index contributed by atoms with van der Waals surface area (Å²) in [5, 5.41) is 18.8. The molecule has 2 N–H and O–H groups in total. The van der Waals surface area contributed by atoms with Gasteiger partial charge in [0, 0.05) is 30.6 Å². The van der Waals surface area contributed by atoms with Crippen LogP contribution in [0.1, 0.15) is 22.6 Å².